The van der Waals surface area contributed by atoms with E-state index in [9.17, 15) is 0 Å². The van der Waals surface area contributed by atoms with Crippen molar-refractivity contribution >= 4 is 27.5 Å². The Bertz CT molecular complexity index is 332. The smallest absolute Gasteiger partial charge is 0.0780 e. The minimum Gasteiger partial charge on any atom is -0.372 e. The summed E-state index contributed by atoms with van der Waals surface area (Å²) in [6, 6.07) is 0. The second-order valence-electron chi connectivity index (χ2n) is 4.40. The van der Waals surface area contributed by atoms with Gasteiger partial charge in [0, 0.05) is 4.83 Å². The summed E-state index contributed by atoms with van der Waals surface area (Å²) in [5.41, 5.74) is 0. The van der Waals surface area contributed by atoms with Gasteiger partial charge in [0.05, 0.1) is 17.6 Å². The number of terminal acetylenes is 1. The largest absolute Gasteiger partial charge is 0.372 e. The van der Waals surface area contributed by atoms with Gasteiger partial charge in [-0.1, -0.05) is 47.0 Å². The Hall–Kier alpha value is -0.230. The molecule has 18 heavy (non-hydrogen) atoms. The first kappa shape index (κ1) is 15.8. The van der Waals surface area contributed by atoms with Gasteiger partial charge in [-0.15, -0.1) is 18.0 Å². The number of rotatable bonds is 3. The molecule has 1 nitrogen and oxygen atoms in total. The van der Waals surface area contributed by atoms with Crippen molar-refractivity contribution in [3.63, 3.8) is 0 Å². The van der Waals surface area contributed by atoms with Gasteiger partial charge in [-0.25, -0.2) is 0 Å². The Morgan fingerprint density at radius 1 is 1.44 bits per heavy atom. The van der Waals surface area contributed by atoms with Crippen molar-refractivity contribution in [3.05, 3.63) is 24.3 Å². The molecule has 1 heterocycles. The lowest BCUT2D eigenvalue weighted by atomic mass is 10.1. The van der Waals surface area contributed by atoms with Gasteiger partial charge in [0.15, 0.2) is 0 Å². The average Bonchev–Trinajstić information content (AvgIpc) is 2.43. The SMILES string of the molecule is C#C/C=C/C[C@@H]1O[C@H](CC)[C@@H](Br)C/C=C/C[C@@H]1Cl. The van der Waals surface area contributed by atoms with E-state index in [2.05, 4.69) is 40.9 Å². The predicted molar refractivity (Wildman–Crippen MR) is 82.3 cm³/mol. The quantitative estimate of drug-likeness (QED) is 0.422. The third-order valence-corrected chi connectivity index (χ3v) is 4.45. The van der Waals surface area contributed by atoms with E-state index in [1.54, 1.807) is 6.08 Å². The molecule has 0 aliphatic carbocycles. The van der Waals surface area contributed by atoms with Crippen LogP contribution in [0.25, 0.3) is 0 Å². The molecule has 4 atom stereocenters. The molecule has 100 valence electrons. The molecule has 3 heteroatoms. The molecule has 0 radical (unpaired) electrons. The van der Waals surface area contributed by atoms with E-state index in [1.807, 2.05) is 6.08 Å². The fourth-order valence-corrected chi connectivity index (χ4v) is 2.96. The molecule has 0 spiro atoms. The van der Waals surface area contributed by atoms with Gasteiger partial charge in [0.2, 0.25) is 0 Å². The number of ether oxygens (including phenoxy) is 1. The first-order valence-electron chi connectivity index (χ1n) is 6.38. The highest BCUT2D eigenvalue weighted by Gasteiger charge is 2.26. The van der Waals surface area contributed by atoms with Crippen LogP contribution in [-0.4, -0.2) is 22.4 Å². The van der Waals surface area contributed by atoms with Crippen LogP contribution in [0, 0.1) is 12.3 Å². The molecule has 1 rings (SSSR count). The van der Waals surface area contributed by atoms with Crippen LogP contribution in [0.5, 0.6) is 0 Å². The van der Waals surface area contributed by atoms with Gasteiger partial charge >= 0.3 is 0 Å². The summed E-state index contributed by atoms with van der Waals surface area (Å²) in [5.74, 6) is 2.49. The molecular formula is C15H20BrClO. The fraction of sp³-hybridized carbons (Fsp3) is 0.600. The van der Waals surface area contributed by atoms with Crippen molar-refractivity contribution in [1.82, 2.24) is 0 Å². The Morgan fingerprint density at radius 2 is 2.17 bits per heavy atom. The van der Waals surface area contributed by atoms with Crippen LogP contribution in [-0.2, 0) is 4.74 Å². The normalized spacial score (nSPS) is 35.4. The number of halogens is 2. The van der Waals surface area contributed by atoms with Gasteiger partial charge in [0.25, 0.3) is 0 Å². The Kier molecular flexibility index (Phi) is 7.74. The van der Waals surface area contributed by atoms with E-state index in [4.69, 9.17) is 22.8 Å². The summed E-state index contributed by atoms with van der Waals surface area (Å²) in [6.07, 6.45) is 17.0. The van der Waals surface area contributed by atoms with Crippen LogP contribution < -0.4 is 0 Å². The molecule has 0 aromatic rings. The Labute approximate surface area is 124 Å². The zero-order chi connectivity index (χ0) is 13.4. The minimum atomic E-state index is -0.00414. The van der Waals surface area contributed by atoms with Gasteiger partial charge in [-0.05, 0) is 31.8 Å². The van der Waals surface area contributed by atoms with Crippen LogP contribution in [0.2, 0.25) is 0 Å². The third-order valence-electron chi connectivity index (χ3n) is 3.03. The maximum atomic E-state index is 6.40. The molecule has 0 unspecified atom stereocenters. The first-order valence-corrected chi connectivity index (χ1v) is 7.74. The van der Waals surface area contributed by atoms with Gasteiger partial charge in [-0.3, -0.25) is 0 Å². The maximum Gasteiger partial charge on any atom is 0.0780 e. The molecule has 1 aliphatic rings. The van der Waals surface area contributed by atoms with Crippen LogP contribution >= 0.6 is 27.5 Å². The van der Waals surface area contributed by atoms with E-state index >= 15 is 0 Å². The van der Waals surface area contributed by atoms with Gasteiger partial charge in [-0.2, -0.15) is 0 Å². The predicted octanol–water partition coefficient (Wildman–Crippen LogP) is 4.45. The summed E-state index contributed by atoms with van der Waals surface area (Å²) in [5, 5.41) is -0.00414. The van der Waals surface area contributed by atoms with Gasteiger partial charge < -0.3 is 4.74 Å². The fourth-order valence-electron chi connectivity index (χ4n) is 1.98. The van der Waals surface area contributed by atoms with Crippen molar-refractivity contribution in [2.45, 2.75) is 55.0 Å². The lowest BCUT2D eigenvalue weighted by Gasteiger charge is -2.28. The zero-order valence-electron chi connectivity index (χ0n) is 10.7. The third kappa shape index (κ3) is 5.18. The number of alkyl halides is 2. The van der Waals surface area contributed by atoms with E-state index in [0.717, 1.165) is 25.7 Å². The van der Waals surface area contributed by atoms with Crippen LogP contribution in [0.15, 0.2) is 24.3 Å². The molecular weight excluding hydrogens is 312 g/mol. The molecule has 0 bridgehead atoms. The molecule has 0 N–H and O–H groups in total. The van der Waals surface area contributed by atoms with Crippen LogP contribution in [0.3, 0.4) is 0 Å². The standard InChI is InChI=1S/C15H20BrClO/c1-3-5-6-11-15-13(17)10-8-7-9-12(16)14(4-2)18-15/h1,5-8,12-15H,4,9-11H2,2H3/b6-5+,8-7+/t12-,13-,14+,15-/m0/s1. The monoisotopic (exact) mass is 330 g/mol. The Morgan fingerprint density at radius 3 is 2.83 bits per heavy atom. The van der Waals surface area contributed by atoms with Gasteiger partial charge in [0.1, 0.15) is 0 Å². The van der Waals surface area contributed by atoms with Crippen LogP contribution in [0.4, 0.5) is 0 Å². The molecule has 0 amide bonds. The van der Waals surface area contributed by atoms with E-state index in [-0.39, 0.29) is 17.6 Å². The summed E-state index contributed by atoms with van der Waals surface area (Å²) in [6.45, 7) is 2.14. The van der Waals surface area contributed by atoms with Crippen molar-refractivity contribution in [1.29, 1.82) is 0 Å². The van der Waals surface area contributed by atoms with E-state index in [0.29, 0.717) is 4.83 Å². The van der Waals surface area contributed by atoms with Crippen molar-refractivity contribution in [3.8, 4) is 12.3 Å². The summed E-state index contributed by atoms with van der Waals surface area (Å²) in [7, 11) is 0. The number of allylic oxidation sites excluding steroid dienone is 3. The first-order chi connectivity index (χ1) is 8.69. The second-order valence-corrected chi connectivity index (χ2v) is 6.14. The van der Waals surface area contributed by atoms with E-state index in [1.165, 1.54) is 0 Å². The van der Waals surface area contributed by atoms with Crippen molar-refractivity contribution < 1.29 is 4.74 Å². The molecule has 0 aromatic heterocycles. The van der Waals surface area contributed by atoms with E-state index < -0.39 is 0 Å². The zero-order valence-corrected chi connectivity index (χ0v) is 13.0. The molecule has 1 aliphatic heterocycles. The maximum absolute atomic E-state index is 6.40. The minimum absolute atomic E-state index is 0.00414. The second kappa shape index (κ2) is 8.80. The highest BCUT2D eigenvalue weighted by Crippen LogP contribution is 2.26. The van der Waals surface area contributed by atoms with Crippen molar-refractivity contribution in [2.75, 3.05) is 0 Å². The lowest BCUT2D eigenvalue weighted by Crippen LogP contribution is -2.33. The summed E-state index contributed by atoms with van der Waals surface area (Å²) >= 11 is 10.1. The molecule has 0 aromatic carbocycles. The lowest BCUT2D eigenvalue weighted by molar-refractivity contribution is -0.0123. The summed E-state index contributed by atoms with van der Waals surface area (Å²) in [4.78, 5) is 0.347. The Balaban J connectivity index is 2.73. The molecule has 0 saturated heterocycles. The van der Waals surface area contributed by atoms with Crippen molar-refractivity contribution in [2.24, 2.45) is 0 Å². The molecule has 0 fully saturated rings. The number of hydrogen-bond acceptors (Lipinski definition) is 1. The highest BCUT2D eigenvalue weighted by molar-refractivity contribution is 9.09. The number of hydrogen-bond donors (Lipinski definition) is 0. The molecule has 0 saturated carbocycles. The summed E-state index contributed by atoms with van der Waals surface area (Å²) < 4.78 is 6.15. The highest BCUT2D eigenvalue weighted by atomic mass is 79.9. The topological polar surface area (TPSA) is 9.23 Å². The van der Waals surface area contributed by atoms with Crippen LogP contribution in [0.1, 0.15) is 32.6 Å². The average molecular weight is 332 g/mol.